The smallest absolute Gasteiger partial charge is 0.0399 e. The van der Waals surface area contributed by atoms with Gasteiger partial charge < -0.3 is 4.90 Å². The molecule has 23 heavy (non-hydrogen) atoms. The van der Waals surface area contributed by atoms with Crippen molar-refractivity contribution < 1.29 is 0 Å². The van der Waals surface area contributed by atoms with Crippen LogP contribution in [-0.4, -0.2) is 30.1 Å². The molecule has 1 aliphatic carbocycles. The van der Waals surface area contributed by atoms with E-state index < -0.39 is 0 Å². The first-order chi connectivity index (χ1) is 11.2. The van der Waals surface area contributed by atoms with Crippen LogP contribution in [0.3, 0.4) is 0 Å². The van der Waals surface area contributed by atoms with Crippen molar-refractivity contribution in [2.75, 3.05) is 24.5 Å². The zero-order chi connectivity index (χ0) is 15.9. The minimum Gasteiger partial charge on any atom is -0.368 e. The molecular formula is C21H26N2. The number of hydrogen-bond donors (Lipinski definition) is 0. The Kier molecular flexibility index (Phi) is 3.65. The molecule has 1 saturated carbocycles. The first kappa shape index (κ1) is 14.8. The molecule has 2 fully saturated rings. The van der Waals surface area contributed by atoms with Crippen molar-refractivity contribution in [1.82, 2.24) is 4.90 Å². The molecule has 0 aromatic heterocycles. The van der Waals surface area contributed by atoms with Gasteiger partial charge in [0.05, 0.1) is 0 Å². The zero-order valence-corrected chi connectivity index (χ0v) is 14.3. The lowest BCUT2D eigenvalue weighted by Gasteiger charge is -2.44. The Hall–Kier alpha value is -1.80. The number of nitrogens with zero attached hydrogens (tertiary/aromatic N) is 2. The van der Waals surface area contributed by atoms with E-state index in [-0.39, 0.29) is 0 Å². The monoisotopic (exact) mass is 306 g/mol. The lowest BCUT2D eigenvalue weighted by atomic mass is 10.0. The predicted octanol–water partition coefficient (Wildman–Crippen LogP) is 4.16. The molecule has 0 N–H and O–H groups in total. The molecular weight excluding hydrogens is 280 g/mol. The number of hydrogen-bond acceptors (Lipinski definition) is 2. The fraction of sp³-hybridized carbons (Fsp3) is 0.429. The van der Waals surface area contributed by atoms with Gasteiger partial charge in [0.1, 0.15) is 0 Å². The zero-order valence-electron chi connectivity index (χ0n) is 14.3. The quantitative estimate of drug-likeness (QED) is 0.840. The van der Waals surface area contributed by atoms with Gasteiger partial charge in [-0.25, -0.2) is 0 Å². The molecule has 1 heterocycles. The van der Waals surface area contributed by atoms with Gasteiger partial charge in [0.25, 0.3) is 0 Å². The van der Waals surface area contributed by atoms with Crippen LogP contribution < -0.4 is 4.90 Å². The SMILES string of the molecule is Cc1cccc(N2CCN(Cc3ccccc3)C3(CC3)C2)c1C. The van der Waals surface area contributed by atoms with Gasteiger partial charge in [0, 0.05) is 37.4 Å². The molecule has 1 spiro atoms. The topological polar surface area (TPSA) is 6.48 Å². The number of anilines is 1. The summed E-state index contributed by atoms with van der Waals surface area (Å²) < 4.78 is 0. The Labute approximate surface area is 139 Å². The lowest BCUT2D eigenvalue weighted by molar-refractivity contribution is 0.149. The van der Waals surface area contributed by atoms with E-state index in [2.05, 4.69) is 72.2 Å². The molecule has 2 aliphatic rings. The van der Waals surface area contributed by atoms with E-state index in [9.17, 15) is 0 Å². The molecule has 0 amide bonds. The van der Waals surface area contributed by atoms with Gasteiger partial charge in [-0.05, 0) is 49.4 Å². The summed E-state index contributed by atoms with van der Waals surface area (Å²) in [6, 6.07) is 17.6. The summed E-state index contributed by atoms with van der Waals surface area (Å²) in [6.45, 7) is 9.07. The third-order valence-corrected chi connectivity index (χ3v) is 5.76. The molecule has 2 aromatic rings. The minimum absolute atomic E-state index is 0.421. The third-order valence-electron chi connectivity index (χ3n) is 5.76. The minimum atomic E-state index is 0.421. The highest BCUT2D eigenvalue weighted by Crippen LogP contribution is 2.46. The van der Waals surface area contributed by atoms with Crippen LogP contribution in [0.2, 0.25) is 0 Å². The normalized spacial score (nSPS) is 20.0. The Morgan fingerprint density at radius 3 is 2.43 bits per heavy atom. The van der Waals surface area contributed by atoms with Gasteiger partial charge in [-0.15, -0.1) is 0 Å². The van der Waals surface area contributed by atoms with Gasteiger partial charge in [0.15, 0.2) is 0 Å². The van der Waals surface area contributed by atoms with Crippen LogP contribution in [-0.2, 0) is 6.54 Å². The van der Waals surface area contributed by atoms with Crippen LogP contribution in [0.1, 0.15) is 29.5 Å². The maximum Gasteiger partial charge on any atom is 0.0399 e. The largest absolute Gasteiger partial charge is 0.368 e. The van der Waals surface area contributed by atoms with E-state index in [1.807, 2.05) is 0 Å². The molecule has 0 unspecified atom stereocenters. The van der Waals surface area contributed by atoms with Crippen LogP contribution in [0, 0.1) is 13.8 Å². The molecule has 2 nitrogen and oxygen atoms in total. The highest BCUT2D eigenvalue weighted by molar-refractivity contribution is 5.57. The van der Waals surface area contributed by atoms with Crippen molar-refractivity contribution in [3.05, 3.63) is 65.2 Å². The second-order valence-corrected chi connectivity index (χ2v) is 7.27. The van der Waals surface area contributed by atoms with Gasteiger partial charge in [-0.2, -0.15) is 0 Å². The van der Waals surface area contributed by atoms with Crippen molar-refractivity contribution in [3.8, 4) is 0 Å². The van der Waals surface area contributed by atoms with Gasteiger partial charge in [-0.3, -0.25) is 4.90 Å². The van der Waals surface area contributed by atoms with E-state index in [4.69, 9.17) is 0 Å². The summed E-state index contributed by atoms with van der Waals surface area (Å²) >= 11 is 0. The molecule has 1 saturated heterocycles. The van der Waals surface area contributed by atoms with Gasteiger partial charge >= 0.3 is 0 Å². The van der Waals surface area contributed by atoms with E-state index in [1.54, 1.807) is 0 Å². The van der Waals surface area contributed by atoms with Gasteiger partial charge in [0.2, 0.25) is 0 Å². The predicted molar refractivity (Wildman–Crippen MR) is 96.9 cm³/mol. The third kappa shape index (κ3) is 2.76. The summed E-state index contributed by atoms with van der Waals surface area (Å²) in [5.41, 5.74) is 6.15. The summed E-state index contributed by atoms with van der Waals surface area (Å²) in [5.74, 6) is 0. The molecule has 2 heteroatoms. The fourth-order valence-corrected chi connectivity index (χ4v) is 3.97. The number of rotatable bonds is 3. The Morgan fingerprint density at radius 2 is 1.70 bits per heavy atom. The van der Waals surface area contributed by atoms with Crippen molar-refractivity contribution in [2.24, 2.45) is 0 Å². The standard InChI is InChI=1S/C21H26N2/c1-17-7-6-10-20(18(17)2)22-13-14-23(21(16-22)11-12-21)15-19-8-4-3-5-9-19/h3-10H,11-16H2,1-2H3. The van der Waals surface area contributed by atoms with Gasteiger partial charge in [-0.1, -0.05) is 42.5 Å². The molecule has 120 valence electrons. The summed E-state index contributed by atoms with van der Waals surface area (Å²) in [6.07, 6.45) is 2.70. The second-order valence-electron chi connectivity index (χ2n) is 7.27. The number of benzene rings is 2. The van der Waals surface area contributed by atoms with Crippen LogP contribution in [0.4, 0.5) is 5.69 Å². The van der Waals surface area contributed by atoms with Crippen molar-refractivity contribution in [1.29, 1.82) is 0 Å². The van der Waals surface area contributed by atoms with E-state index in [0.29, 0.717) is 5.54 Å². The second kappa shape index (κ2) is 5.68. The molecule has 0 atom stereocenters. The lowest BCUT2D eigenvalue weighted by Crippen LogP contribution is -2.54. The number of piperazine rings is 1. The summed E-state index contributed by atoms with van der Waals surface area (Å²) in [5, 5.41) is 0. The average Bonchev–Trinajstić information content (AvgIpc) is 3.33. The van der Waals surface area contributed by atoms with Crippen LogP contribution in [0.15, 0.2) is 48.5 Å². The van der Waals surface area contributed by atoms with Crippen molar-refractivity contribution in [3.63, 3.8) is 0 Å². The Balaban J connectivity index is 1.52. The van der Waals surface area contributed by atoms with E-state index in [0.717, 1.165) is 13.1 Å². The fourth-order valence-electron chi connectivity index (χ4n) is 3.97. The highest BCUT2D eigenvalue weighted by Gasteiger charge is 2.51. The van der Waals surface area contributed by atoms with Crippen LogP contribution in [0.5, 0.6) is 0 Å². The molecule has 0 bridgehead atoms. The first-order valence-corrected chi connectivity index (χ1v) is 8.78. The highest BCUT2D eigenvalue weighted by atomic mass is 15.3. The van der Waals surface area contributed by atoms with E-state index >= 15 is 0 Å². The maximum atomic E-state index is 2.73. The van der Waals surface area contributed by atoms with E-state index in [1.165, 1.54) is 48.3 Å². The molecule has 4 rings (SSSR count). The van der Waals surface area contributed by atoms with Crippen molar-refractivity contribution in [2.45, 2.75) is 38.8 Å². The summed E-state index contributed by atoms with van der Waals surface area (Å²) in [4.78, 5) is 5.35. The maximum absolute atomic E-state index is 2.73. The molecule has 2 aromatic carbocycles. The average molecular weight is 306 g/mol. The Morgan fingerprint density at radius 1 is 0.913 bits per heavy atom. The van der Waals surface area contributed by atoms with Crippen LogP contribution in [0.25, 0.3) is 0 Å². The number of aryl methyl sites for hydroxylation is 1. The van der Waals surface area contributed by atoms with Crippen molar-refractivity contribution >= 4 is 5.69 Å². The molecule has 1 aliphatic heterocycles. The first-order valence-electron chi connectivity index (χ1n) is 8.78. The molecule has 0 radical (unpaired) electrons. The Bertz CT molecular complexity index is 688. The van der Waals surface area contributed by atoms with Crippen LogP contribution >= 0.6 is 0 Å². The summed E-state index contributed by atoms with van der Waals surface area (Å²) in [7, 11) is 0.